The van der Waals surface area contributed by atoms with E-state index in [1.807, 2.05) is 0 Å². The molecule has 2 N–H and O–H groups in total. The van der Waals surface area contributed by atoms with E-state index in [1.54, 1.807) is 18.2 Å². The molecule has 4 heteroatoms. The number of phenolic OH excluding ortho intramolecular Hbond substituents is 1. The molecule has 0 atom stereocenters. The Labute approximate surface area is 80.3 Å². The molecule has 0 aliphatic heterocycles. The van der Waals surface area contributed by atoms with Crippen LogP contribution in [0.5, 0.6) is 5.75 Å². The van der Waals surface area contributed by atoms with E-state index in [0.29, 0.717) is 5.56 Å². The molecule has 1 aromatic rings. The van der Waals surface area contributed by atoms with Gasteiger partial charge >= 0.3 is 5.97 Å². The van der Waals surface area contributed by atoms with Gasteiger partial charge in [-0.1, -0.05) is 12.1 Å². The molecule has 0 fully saturated rings. The lowest BCUT2D eigenvalue weighted by Crippen LogP contribution is -1.97. The summed E-state index contributed by atoms with van der Waals surface area (Å²) < 4.78 is 0. The first kappa shape index (κ1) is 9.81. The van der Waals surface area contributed by atoms with Crippen molar-refractivity contribution in [1.29, 1.82) is 5.26 Å². The van der Waals surface area contributed by atoms with Crippen LogP contribution in [0.4, 0.5) is 0 Å². The van der Waals surface area contributed by atoms with Crippen molar-refractivity contribution in [1.82, 2.24) is 0 Å². The highest BCUT2D eigenvalue weighted by Crippen LogP contribution is 2.13. The number of hydrogen-bond acceptors (Lipinski definition) is 3. The van der Waals surface area contributed by atoms with Crippen LogP contribution in [0.2, 0.25) is 0 Å². The van der Waals surface area contributed by atoms with Gasteiger partial charge in [0.2, 0.25) is 0 Å². The van der Waals surface area contributed by atoms with Gasteiger partial charge in [0.15, 0.2) is 0 Å². The maximum Gasteiger partial charge on any atom is 0.346 e. The third kappa shape index (κ3) is 2.35. The number of carboxylic acids is 1. The van der Waals surface area contributed by atoms with Crippen LogP contribution >= 0.6 is 0 Å². The molecule has 1 rings (SSSR count). The minimum absolute atomic E-state index is 0.0291. The van der Waals surface area contributed by atoms with E-state index in [-0.39, 0.29) is 11.3 Å². The van der Waals surface area contributed by atoms with Gasteiger partial charge in [0, 0.05) is 0 Å². The molecule has 0 unspecified atom stereocenters. The second-order valence-electron chi connectivity index (χ2n) is 2.57. The summed E-state index contributed by atoms with van der Waals surface area (Å²) in [5.41, 5.74) is 0.111. The van der Waals surface area contributed by atoms with E-state index in [4.69, 9.17) is 15.5 Å². The van der Waals surface area contributed by atoms with E-state index in [1.165, 1.54) is 18.2 Å². The number of nitriles is 1. The van der Waals surface area contributed by atoms with Gasteiger partial charge in [0.1, 0.15) is 17.4 Å². The van der Waals surface area contributed by atoms with Crippen LogP contribution in [0.3, 0.4) is 0 Å². The molecular formula is C10H7NO3. The van der Waals surface area contributed by atoms with Gasteiger partial charge in [0.25, 0.3) is 0 Å². The smallest absolute Gasteiger partial charge is 0.346 e. The highest BCUT2D eigenvalue weighted by Gasteiger charge is 2.05. The number of benzene rings is 1. The monoisotopic (exact) mass is 189 g/mol. The van der Waals surface area contributed by atoms with Crippen LogP contribution in [0, 0.1) is 11.3 Å². The number of carboxylic acid groups (broad SMARTS) is 1. The Morgan fingerprint density at radius 1 is 1.50 bits per heavy atom. The van der Waals surface area contributed by atoms with Crippen molar-refractivity contribution in [3.8, 4) is 11.8 Å². The van der Waals surface area contributed by atoms with E-state index in [2.05, 4.69) is 0 Å². The summed E-state index contributed by atoms with van der Waals surface area (Å²) in [6.07, 6.45) is 1.20. The third-order valence-corrected chi connectivity index (χ3v) is 1.53. The third-order valence-electron chi connectivity index (χ3n) is 1.53. The zero-order chi connectivity index (χ0) is 10.6. The molecule has 4 nitrogen and oxygen atoms in total. The summed E-state index contributed by atoms with van der Waals surface area (Å²) >= 11 is 0. The Morgan fingerprint density at radius 2 is 2.21 bits per heavy atom. The topological polar surface area (TPSA) is 81.3 Å². The molecule has 0 saturated carbocycles. The molecule has 0 radical (unpaired) electrons. The molecule has 14 heavy (non-hydrogen) atoms. The zero-order valence-electron chi connectivity index (χ0n) is 7.14. The van der Waals surface area contributed by atoms with Crippen LogP contribution < -0.4 is 0 Å². The zero-order valence-corrected chi connectivity index (χ0v) is 7.14. The summed E-state index contributed by atoms with van der Waals surface area (Å²) in [5, 5.41) is 26.1. The number of rotatable bonds is 2. The van der Waals surface area contributed by atoms with Crippen molar-refractivity contribution in [2.45, 2.75) is 0 Å². The summed E-state index contributed by atoms with van der Waals surface area (Å²) in [5.74, 6) is -1.25. The molecule has 0 aliphatic carbocycles. The summed E-state index contributed by atoms with van der Waals surface area (Å²) in [6.45, 7) is 0. The van der Waals surface area contributed by atoms with E-state index >= 15 is 0 Å². The minimum Gasteiger partial charge on any atom is -0.508 e. The predicted octanol–water partition coefficient (Wildman–Crippen LogP) is 1.38. The number of hydrogen-bond donors (Lipinski definition) is 2. The van der Waals surface area contributed by atoms with Crippen molar-refractivity contribution in [2.75, 3.05) is 0 Å². The van der Waals surface area contributed by atoms with Gasteiger partial charge < -0.3 is 10.2 Å². The quantitative estimate of drug-likeness (QED) is 0.544. The second kappa shape index (κ2) is 4.10. The summed E-state index contributed by atoms with van der Waals surface area (Å²) in [7, 11) is 0. The number of carbonyl (C=O) groups is 1. The molecule has 1 aromatic carbocycles. The predicted molar refractivity (Wildman–Crippen MR) is 49.3 cm³/mol. The van der Waals surface area contributed by atoms with Crippen LogP contribution in [0.15, 0.2) is 29.8 Å². The molecule has 0 saturated heterocycles. The van der Waals surface area contributed by atoms with Crippen LogP contribution in [-0.2, 0) is 4.79 Å². The molecule has 0 amide bonds. The molecular weight excluding hydrogens is 182 g/mol. The average molecular weight is 189 g/mol. The van der Waals surface area contributed by atoms with Crippen molar-refractivity contribution in [2.24, 2.45) is 0 Å². The first-order valence-corrected chi connectivity index (χ1v) is 3.77. The number of phenols is 1. The lowest BCUT2D eigenvalue weighted by molar-refractivity contribution is -0.132. The van der Waals surface area contributed by atoms with Gasteiger partial charge in [-0.3, -0.25) is 0 Å². The van der Waals surface area contributed by atoms with Gasteiger partial charge in [-0.25, -0.2) is 4.79 Å². The maximum absolute atomic E-state index is 10.5. The number of aliphatic carboxylic acids is 1. The Morgan fingerprint density at radius 3 is 2.71 bits per heavy atom. The highest BCUT2D eigenvalue weighted by molar-refractivity contribution is 5.96. The number of nitrogens with zero attached hydrogens (tertiary/aromatic N) is 1. The van der Waals surface area contributed by atoms with Crippen molar-refractivity contribution in [3.05, 3.63) is 35.4 Å². The van der Waals surface area contributed by atoms with E-state index in [9.17, 15) is 4.79 Å². The average Bonchev–Trinajstić information content (AvgIpc) is 2.14. The lowest BCUT2D eigenvalue weighted by atomic mass is 10.1. The van der Waals surface area contributed by atoms with E-state index in [0.717, 1.165) is 0 Å². The van der Waals surface area contributed by atoms with Crippen LogP contribution in [0.25, 0.3) is 6.08 Å². The van der Waals surface area contributed by atoms with E-state index < -0.39 is 5.97 Å². The fraction of sp³-hybridized carbons (Fsp3) is 0. The minimum atomic E-state index is -1.28. The first-order valence-electron chi connectivity index (χ1n) is 3.77. The Bertz CT molecular complexity index is 429. The summed E-state index contributed by atoms with van der Waals surface area (Å²) in [4.78, 5) is 10.5. The second-order valence-corrected chi connectivity index (χ2v) is 2.57. The maximum atomic E-state index is 10.5. The molecule has 0 aliphatic rings. The summed E-state index contributed by atoms with van der Waals surface area (Å²) in [6, 6.07) is 7.55. The molecule has 0 bridgehead atoms. The SMILES string of the molecule is N#CC(=Cc1cccc(O)c1)C(=O)O. The number of aromatic hydroxyl groups is 1. The van der Waals surface area contributed by atoms with Gasteiger partial charge in [0.05, 0.1) is 0 Å². The van der Waals surface area contributed by atoms with Gasteiger partial charge in [-0.05, 0) is 23.8 Å². The van der Waals surface area contributed by atoms with Gasteiger partial charge in [-0.15, -0.1) is 0 Å². The molecule has 0 heterocycles. The van der Waals surface area contributed by atoms with Crippen molar-refractivity contribution >= 4 is 12.0 Å². The fourth-order valence-corrected chi connectivity index (χ4v) is 0.923. The van der Waals surface area contributed by atoms with Crippen molar-refractivity contribution in [3.63, 3.8) is 0 Å². The van der Waals surface area contributed by atoms with Crippen molar-refractivity contribution < 1.29 is 15.0 Å². The van der Waals surface area contributed by atoms with Gasteiger partial charge in [-0.2, -0.15) is 5.26 Å². The molecule has 70 valence electrons. The van der Waals surface area contributed by atoms with Crippen LogP contribution in [-0.4, -0.2) is 16.2 Å². The Hall–Kier alpha value is -2.28. The fourth-order valence-electron chi connectivity index (χ4n) is 0.923. The van der Waals surface area contributed by atoms with Crippen LogP contribution in [0.1, 0.15) is 5.56 Å². The highest BCUT2D eigenvalue weighted by atomic mass is 16.4. The Kier molecular flexibility index (Phi) is 2.87. The normalized spacial score (nSPS) is 10.6. The largest absolute Gasteiger partial charge is 0.508 e. The Balaban J connectivity index is 3.08. The lowest BCUT2D eigenvalue weighted by Gasteiger charge is -1.95. The molecule has 0 aromatic heterocycles. The molecule has 0 spiro atoms. The standard InChI is InChI=1S/C10H7NO3/c11-6-8(10(13)14)4-7-2-1-3-9(12)5-7/h1-5,12H,(H,13,14). The first-order chi connectivity index (χ1) is 6.63.